The molecule has 1 aromatic heterocycles. The maximum Gasteiger partial charge on any atom is 0.219 e. The van der Waals surface area contributed by atoms with Crippen molar-refractivity contribution in [3.63, 3.8) is 0 Å². The van der Waals surface area contributed by atoms with Gasteiger partial charge in [0.1, 0.15) is 5.75 Å². The molecule has 0 saturated carbocycles. The van der Waals surface area contributed by atoms with Crippen LogP contribution in [0.25, 0.3) is 0 Å². The van der Waals surface area contributed by atoms with Crippen LogP contribution in [0.4, 0.5) is 0 Å². The van der Waals surface area contributed by atoms with Crippen LogP contribution >= 0.6 is 23.2 Å². The highest BCUT2D eigenvalue weighted by atomic mass is 35.5. The molecule has 0 aliphatic heterocycles. The molecule has 1 heterocycles. The third kappa shape index (κ3) is 4.60. The predicted molar refractivity (Wildman–Crippen MR) is 87.5 cm³/mol. The van der Waals surface area contributed by atoms with E-state index >= 15 is 0 Å². The minimum absolute atomic E-state index is 0.473. The van der Waals surface area contributed by atoms with Crippen LogP contribution in [0.15, 0.2) is 30.3 Å². The van der Waals surface area contributed by atoms with Gasteiger partial charge in [-0.3, -0.25) is 0 Å². The number of hydrogen-bond donors (Lipinski definition) is 1. The van der Waals surface area contributed by atoms with E-state index in [1.165, 1.54) is 0 Å². The lowest BCUT2D eigenvalue weighted by Gasteiger charge is -2.11. The van der Waals surface area contributed by atoms with Gasteiger partial charge in [0.2, 0.25) is 5.88 Å². The molecule has 0 fully saturated rings. The number of nitrogens with one attached hydrogen (secondary N) is 1. The maximum absolute atomic E-state index is 6.13. The van der Waals surface area contributed by atoms with E-state index < -0.39 is 0 Å². The Balaban J connectivity index is 2.29. The van der Waals surface area contributed by atoms with Gasteiger partial charge in [0.05, 0.1) is 5.02 Å². The molecule has 0 bridgehead atoms. The Morgan fingerprint density at radius 1 is 1.19 bits per heavy atom. The lowest BCUT2D eigenvalue weighted by molar-refractivity contribution is 0.459. The van der Waals surface area contributed by atoms with Crippen molar-refractivity contribution in [1.82, 2.24) is 10.3 Å². The van der Waals surface area contributed by atoms with Crippen LogP contribution in [0.5, 0.6) is 11.6 Å². The molecule has 0 amide bonds. The second-order valence-electron chi connectivity index (χ2n) is 4.76. The average Bonchev–Trinajstić information content (AvgIpc) is 2.42. The molecule has 112 valence electrons. The summed E-state index contributed by atoms with van der Waals surface area (Å²) in [6.45, 7) is 2.90. The standard InChI is InChI=1S/C16H18Cl2N2O/c1-3-4-13-7-11(10-19-2)8-16(20-13)21-15-6-5-12(17)9-14(15)18/h5-9,19H,3-4,10H2,1-2H3. The normalized spacial score (nSPS) is 10.7. The van der Waals surface area contributed by atoms with Crippen molar-refractivity contribution in [2.45, 2.75) is 26.3 Å². The van der Waals surface area contributed by atoms with E-state index in [0.717, 1.165) is 30.6 Å². The van der Waals surface area contributed by atoms with Crippen molar-refractivity contribution in [3.8, 4) is 11.6 Å². The molecular weight excluding hydrogens is 307 g/mol. The first kappa shape index (κ1) is 16.1. The molecule has 21 heavy (non-hydrogen) atoms. The van der Waals surface area contributed by atoms with Crippen molar-refractivity contribution in [1.29, 1.82) is 0 Å². The maximum atomic E-state index is 6.13. The highest BCUT2D eigenvalue weighted by Crippen LogP contribution is 2.31. The van der Waals surface area contributed by atoms with Gasteiger partial charge in [-0.2, -0.15) is 0 Å². The summed E-state index contributed by atoms with van der Waals surface area (Å²) in [5.74, 6) is 1.10. The summed E-state index contributed by atoms with van der Waals surface area (Å²) in [7, 11) is 1.91. The summed E-state index contributed by atoms with van der Waals surface area (Å²) < 4.78 is 5.81. The Morgan fingerprint density at radius 2 is 2.00 bits per heavy atom. The molecule has 0 atom stereocenters. The van der Waals surface area contributed by atoms with Gasteiger partial charge in [-0.1, -0.05) is 36.5 Å². The van der Waals surface area contributed by atoms with Crippen LogP contribution in [0.3, 0.4) is 0 Å². The average molecular weight is 325 g/mol. The zero-order valence-corrected chi connectivity index (χ0v) is 13.6. The van der Waals surface area contributed by atoms with E-state index in [4.69, 9.17) is 27.9 Å². The Morgan fingerprint density at radius 3 is 2.67 bits per heavy atom. The molecule has 0 saturated heterocycles. The molecule has 2 aromatic rings. The fourth-order valence-electron chi connectivity index (χ4n) is 2.03. The predicted octanol–water partition coefficient (Wildman–Crippen LogP) is 4.85. The third-order valence-electron chi connectivity index (χ3n) is 2.91. The van der Waals surface area contributed by atoms with Gasteiger partial charge in [0.25, 0.3) is 0 Å². The van der Waals surface area contributed by atoms with E-state index in [9.17, 15) is 0 Å². The lowest BCUT2D eigenvalue weighted by Crippen LogP contribution is -2.06. The molecule has 1 N–H and O–H groups in total. The van der Waals surface area contributed by atoms with E-state index in [1.54, 1.807) is 18.2 Å². The quantitative estimate of drug-likeness (QED) is 0.824. The van der Waals surface area contributed by atoms with Gasteiger partial charge in [0, 0.05) is 23.3 Å². The zero-order chi connectivity index (χ0) is 15.2. The van der Waals surface area contributed by atoms with Crippen molar-refractivity contribution < 1.29 is 4.74 Å². The summed E-state index contributed by atoms with van der Waals surface area (Å²) in [6.07, 6.45) is 1.96. The molecule has 0 aliphatic carbocycles. The molecule has 3 nitrogen and oxygen atoms in total. The SMILES string of the molecule is CCCc1cc(CNC)cc(Oc2ccc(Cl)cc2Cl)n1. The van der Waals surface area contributed by atoms with Crippen molar-refractivity contribution in [3.05, 3.63) is 51.6 Å². The topological polar surface area (TPSA) is 34.1 Å². The minimum Gasteiger partial charge on any atom is -0.437 e. The molecule has 0 aliphatic rings. The Bertz CT molecular complexity index is 593. The Hall–Kier alpha value is -1.29. The highest BCUT2D eigenvalue weighted by molar-refractivity contribution is 6.35. The van der Waals surface area contributed by atoms with E-state index in [0.29, 0.717) is 21.7 Å². The molecule has 5 heteroatoms. The van der Waals surface area contributed by atoms with Gasteiger partial charge in [-0.25, -0.2) is 4.98 Å². The molecule has 0 spiro atoms. The first-order valence-electron chi connectivity index (χ1n) is 6.89. The number of nitrogens with zero attached hydrogens (tertiary/aromatic N) is 1. The largest absolute Gasteiger partial charge is 0.437 e. The summed E-state index contributed by atoms with van der Waals surface area (Å²) in [5, 5.41) is 4.19. The first-order valence-corrected chi connectivity index (χ1v) is 7.65. The summed E-state index contributed by atoms with van der Waals surface area (Å²) in [6, 6.07) is 9.16. The number of aromatic nitrogens is 1. The second kappa shape index (κ2) is 7.64. The number of ether oxygens (including phenoxy) is 1. The minimum atomic E-state index is 0.473. The number of rotatable bonds is 6. The Labute approximate surface area is 135 Å². The first-order chi connectivity index (χ1) is 10.1. The zero-order valence-electron chi connectivity index (χ0n) is 12.1. The number of aryl methyl sites for hydroxylation is 1. The van der Waals surface area contributed by atoms with Gasteiger partial charge < -0.3 is 10.1 Å². The molecule has 2 rings (SSSR count). The lowest BCUT2D eigenvalue weighted by atomic mass is 10.1. The highest BCUT2D eigenvalue weighted by Gasteiger charge is 2.08. The summed E-state index contributed by atoms with van der Waals surface area (Å²) in [4.78, 5) is 4.52. The Kier molecular flexibility index (Phi) is 5.85. The van der Waals surface area contributed by atoms with Crippen LogP contribution in [0, 0.1) is 0 Å². The van der Waals surface area contributed by atoms with Gasteiger partial charge in [-0.05, 0) is 43.3 Å². The molecule has 0 radical (unpaired) electrons. The van der Waals surface area contributed by atoms with Crippen LogP contribution < -0.4 is 10.1 Å². The number of benzene rings is 1. The van der Waals surface area contributed by atoms with Crippen LogP contribution in [0.1, 0.15) is 24.6 Å². The molecule has 1 aromatic carbocycles. The number of pyridine rings is 1. The third-order valence-corrected chi connectivity index (χ3v) is 3.44. The van der Waals surface area contributed by atoms with Crippen molar-refractivity contribution in [2.24, 2.45) is 0 Å². The second-order valence-corrected chi connectivity index (χ2v) is 5.61. The number of halogens is 2. The van der Waals surface area contributed by atoms with Crippen molar-refractivity contribution in [2.75, 3.05) is 7.05 Å². The van der Waals surface area contributed by atoms with Crippen LogP contribution in [-0.2, 0) is 13.0 Å². The van der Waals surface area contributed by atoms with Gasteiger partial charge >= 0.3 is 0 Å². The van der Waals surface area contributed by atoms with E-state index in [2.05, 4.69) is 23.3 Å². The molecular formula is C16H18Cl2N2O. The fraction of sp³-hybridized carbons (Fsp3) is 0.312. The summed E-state index contributed by atoms with van der Waals surface area (Å²) >= 11 is 12.0. The van der Waals surface area contributed by atoms with Crippen molar-refractivity contribution >= 4 is 23.2 Å². The molecule has 0 unspecified atom stereocenters. The van der Waals surface area contributed by atoms with E-state index in [1.807, 2.05) is 13.1 Å². The van der Waals surface area contributed by atoms with E-state index in [-0.39, 0.29) is 0 Å². The smallest absolute Gasteiger partial charge is 0.219 e. The monoisotopic (exact) mass is 324 g/mol. The van der Waals surface area contributed by atoms with Crippen LogP contribution in [-0.4, -0.2) is 12.0 Å². The summed E-state index contributed by atoms with van der Waals surface area (Å²) in [5.41, 5.74) is 2.15. The fourth-order valence-corrected chi connectivity index (χ4v) is 2.48. The van der Waals surface area contributed by atoms with Gasteiger partial charge in [0.15, 0.2) is 0 Å². The van der Waals surface area contributed by atoms with Gasteiger partial charge in [-0.15, -0.1) is 0 Å². The number of hydrogen-bond acceptors (Lipinski definition) is 3. The van der Waals surface area contributed by atoms with Crippen LogP contribution in [0.2, 0.25) is 10.0 Å².